The van der Waals surface area contributed by atoms with Gasteiger partial charge >= 0.3 is 31.7 Å². The Balaban J connectivity index is 4.35. The van der Waals surface area contributed by atoms with E-state index in [2.05, 4.69) is 27.7 Å². The van der Waals surface area contributed by atoms with Gasteiger partial charge in [0.05, 0.1) is 26.4 Å². The second-order valence-corrected chi connectivity index (χ2v) is 14.7. The zero-order valence-corrected chi connectivity index (χ0v) is 31.6. The second kappa shape index (κ2) is 30.7. The third-order valence-corrected chi connectivity index (χ3v) is 8.41. The molecule has 2 unspecified atom stereocenters. The maximum Gasteiger partial charge on any atom is 0.472 e. The number of hydrogen-bond acceptors (Lipinski definition) is 12. The molecule has 0 aromatic carbocycles. The topological polar surface area (TPSA) is 187 Å². The molecule has 0 aromatic rings. The number of esters is 4. The summed E-state index contributed by atoms with van der Waals surface area (Å²) in [5, 5.41) is 0. The van der Waals surface area contributed by atoms with Gasteiger partial charge in [0, 0.05) is 32.2 Å². The lowest BCUT2D eigenvalue weighted by molar-refractivity contribution is -0.161. The summed E-state index contributed by atoms with van der Waals surface area (Å²) in [4.78, 5) is 58.3. The summed E-state index contributed by atoms with van der Waals surface area (Å²) in [6.45, 7) is 8.48. The Hall–Kier alpha value is -2.05. The zero-order valence-electron chi connectivity index (χ0n) is 30.7. The predicted octanol–water partition coefficient (Wildman–Crippen LogP) is 6.95. The largest absolute Gasteiger partial charge is 0.472 e. The Morgan fingerprint density at radius 2 is 0.980 bits per heavy atom. The smallest absolute Gasteiger partial charge is 0.466 e. The van der Waals surface area contributed by atoms with Gasteiger partial charge in [-0.25, -0.2) is 4.57 Å². The molecule has 13 nitrogen and oxygen atoms in total. The van der Waals surface area contributed by atoms with Crippen LogP contribution in [0.4, 0.5) is 0 Å². The summed E-state index contributed by atoms with van der Waals surface area (Å²) in [6, 6.07) is 0. The van der Waals surface area contributed by atoms with Crippen molar-refractivity contribution in [2.45, 2.75) is 149 Å². The molecule has 0 amide bonds. The molecule has 0 saturated heterocycles. The normalized spacial score (nSPS) is 13.2. The number of ether oxygens (including phenoxy) is 4. The number of rotatable bonds is 33. The van der Waals surface area contributed by atoms with Crippen LogP contribution in [0, 0.1) is 11.8 Å². The molecule has 0 radical (unpaired) electrons. The fourth-order valence-electron chi connectivity index (χ4n) is 4.61. The van der Waals surface area contributed by atoms with Gasteiger partial charge in [-0.05, 0) is 63.2 Å². The molecule has 2 atom stereocenters. The van der Waals surface area contributed by atoms with Crippen molar-refractivity contribution in [3.05, 3.63) is 0 Å². The molecule has 0 aromatic heterocycles. The number of nitrogens with two attached hydrogens (primary N) is 1. The van der Waals surface area contributed by atoms with Crippen LogP contribution in [0.3, 0.4) is 0 Å². The van der Waals surface area contributed by atoms with Gasteiger partial charge in [0.2, 0.25) is 0 Å². The summed E-state index contributed by atoms with van der Waals surface area (Å²) >= 11 is 0. The fourth-order valence-corrected chi connectivity index (χ4v) is 5.38. The van der Waals surface area contributed by atoms with Gasteiger partial charge in [-0.1, -0.05) is 66.2 Å². The predicted molar refractivity (Wildman–Crippen MR) is 186 cm³/mol. The van der Waals surface area contributed by atoms with E-state index in [1.807, 2.05) is 0 Å². The Labute approximate surface area is 294 Å². The van der Waals surface area contributed by atoms with Gasteiger partial charge in [0.15, 0.2) is 6.10 Å². The lowest BCUT2D eigenvalue weighted by Crippen LogP contribution is -2.29. The average molecular weight is 724 g/mol. The molecule has 49 heavy (non-hydrogen) atoms. The third-order valence-electron chi connectivity index (χ3n) is 7.43. The van der Waals surface area contributed by atoms with Crippen molar-refractivity contribution >= 4 is 31.7 Å². The zero-order chi connectivity index (χ0) is 36.8. The van der Waals surface area contributed by atoms with Gasteiger partial charge in [-0.15, -0.1) is 0 Å². The molecule has 0 spiro atoms. The molecule has 0 rings (SSSR count). The number of carbonyl (C=O) groups excluding carboxylic acids is 4. The van der Waals surface area contributed by atoms with Crippen LogP contribution in [0.1, 0.15) is 143 Å². The van der Waals surface area contributed by atoms with Crippen LogP contribution < -0.4 is 5.73 Å². The monoisotopic (exact) mass is 723 g/mol. The van der Waals surface area contributed by atoms with E-state index in [-0.39, 0.29) is 44.5 Å². The van der Waals surface area contributed by atoms with Crippen LogP contribution in [0.15, 0.2) is 0 Å². The van der Waals surface area contributed by atoms with Gasteiger partial charge in [0.25, 0.3) is 0 Å². The number of unbranched alkanes of at least 4 members (excludes halogenated alkanes) is 8. The Kier molecular flexibility index (Phi) is 29.5. The van der Waals surface area contributed by atoms with Crippen molar-refractivity contribution in [3.63, 3.8) is 0 Å². The lowest BCUT2D eigenvalue weighted by Gasteiger charge is -2.19. The van der Waals surface area contributed by atoms with Crippen molar-refractivity contribution < 1.29 is 56.6 Å². The molecular weight excluding hydrogens is 657 g/mol. The third kappa shape index (κ3) is 32.9. The highest BCUT2D eigenvalue weighted by atomic mass is 31.2. The first kappa shape index (κ1) is 47.0. The van der Waals surface area contributed by atoms with Gasteiger partial charge in [-0.3, -0.25) is 28.2 Å². The summed E-state index contributed by atoms with van der Waals surface area (Å²) in [6.07, 6.45) is 11.2. The first-order chi connectivity index (χ1) is 23.3. The summed E-state index contributed by atoms with van der Waals surface area (Å²) in [7, 11) is -4.44. The van der Waals surface area contributed by atoms with E-state index in [1.165, 1.54) is 0 Å². The molecule has 0 aliphatic carbocycles. The minimum absolute atomic E-state index is 0.00617. The summed E-state index contributed by atoms with van der Waals surface area (Å²) in [5.74, 6) is -0.212. The molecule has 0 fully saturated rings. The number of phosphoric acid groups is 1. The van der Waals surface area contributed by atoms with Crippen molar-refractivity contribution in [2.24, 2.45) is 17.6 Å². The maximum atomic E-state index is 12.5. The highest BCUT2D eigenvalue weighted by Crippen LogP contribution is 2.43. The Morgan fingerprint density at radius 3 is 1.41 bits per heavy atom. The number of hydrogen-bond donors (Lipinski definition) is 2. The van der Waals surface area contributed by atoms with Crippen molar-refractivity contribution in [1.29, 1.82) is 0 Å². The first-order valence-electron chi connectivity index (χ1n) is 18.3. The van der Waals surface area contributed by atoms with Gasteiger partial charge in [0.1, 0.15) is 6.61 Å². The van der Waals surface area contributed by atoms with E-state index >= 15 is 0 Å². The van der Waals surface area contributed by atoms with E-state index in [4.69, 9.17) is 33.7 Å². The van der Waals surface area contributed by atoms with Crippen LogP contribution in [-0.4, -0.2) is 74.5 Å². The molecule has 3 N–H and O–H groups in total. The Bertz CT molecular complexity index is 930. The van der Waals surface area contributed by atoms with E-state index in [0.29, 0.717) is 70.0 Å². The van der Waals surface area contributed by atoms with Gasteiger partial charge < -0.3 is 29.6 Å². The summed E-state index contributed by atoms with van der Waals surface area (Å²) in [5.41, 5.74) is 5.30. The van der Waals surface area contributed by atoms with Gasteiger partial charge in [-0.2, -0.15) is 0 Å². The number of phosphoric ester groups is 1. The fraction of sp³-hybridized carbons (Fsp3) is 0.886. The van der Waals surface area contributed by atoms with Crippen molar-refractivity contribution in [3.8, 4) is 0 Å². The minimum atomic E-state index is -4.44. The first-order valence-corrected chi connectivity index (χ1v) is 19.8. The lowest BCUT2D eigenvalue weighted by atomic mass is 10.1. The average Bonchev–Trinajstić information content (AvgIpc) is 3.04. The molecule has 14 heteroatoms. The number of carbonyl (C=O) groups is 4. The molecular formula is C35H66NO12P. The van der Waals surface area contributed by atoms with Crippen molar-refractivity contribution in [2.75, 3.05) is 39.6 Å². The van der Waals surface area contributed by atoms with Crippen LogP contribution >= 0.6 is 7.82 Å². The van der Waals surface area contributed by atoms with E-state index in [1.54, 1.807) is 0 Å². The van der Waals surface area contributed by atoms with Crippen molar-refractivity contribution in [1.82, 2.24) is 0 Å². The standard InChI is InChI=1S/C35H66NO12P/c1-29(2)17-13-15-24-43-32(37)19-9-5-6-11-21-34(39)45-27-31(28-47-49(41,42)46-26-23-36)48-35(40)22-12-8-7-10-20-33(38)44-25-16-14-18-30(3)4/h29-31H,5-28,36H2,1-4H3,(H,41,42). The second-order valence-electron chi connectivity index (χ2n) is 13.2. The molecule has 0 aliphatic heterocycles. The van der Waals surface area contributed by atoms with Crippen LogP contribution in [-0.2, 0) is 51.7 Å². The SMILES string of the molecule is CC(C)CCCCOC(=O)CCCCCCC(=O)OCC(COP(=O)(O)OCCN)OC(=O)CCCCCCC(=O)OCCCCC(C)C. The highest BCUT2D eigenvalue weighted by molar-refractivity contribution is 7.47. The quantitative estimate of drug-likeness (QED) is 0.0307. The van der Waals surface area contributed by atoms with Crippen LogP contribution in [0.25, 0.3) is 0 Å². The van der Waals surface area contributed by atoms with E-state index in [0.717, 1.165) is 57.8 Å². The maximum absolute atomic E-state index is 12.5. The van der Waals surface area contributed by atoms with E-state index in [9.17, 15) is 28.6 Å². The van der Waals surface area contributed by atoms with Crippen LogP contribution in [0.5, 0.6) is 0 Å². The molecule has 0 saturated carbocycles. The molecule has 0 heterocycles. The summed E-state index contributed by atoms with van der Waals surface area (Å²) < 4.78 is 42.9. The minimum Gasteiger partial charge on any atom is -0.466 e. The highest BCUT2D eigenvalue weighted by Gasteiger charge is 2.26. The molecule has 288 valence electrons. The van der Waals surface area contributed by atoms with E-state index < -0.39 is 32.5 Å². The molecule has 0 bridgehead atoms. The van der Waals surface area contributed by atoms with Crippen LogP contribution in [0.2, 0.25) is 0 Å². The Morgan fingerprint density at radius 1 is 0.551 bits per heavy atom. The molecule has 0 aliphatic rings.